The van der Waals surface area contributed by atoms with Gasteiger partial charge in [-0.15, -0.1) is 0 Å². The smallest absolute Gasteiger partial charge is 0.315 e. The van der Waals surface area contributed by atoms with Gasteiger partial charge in [-0.2, -0.15) is 0 Å². The lowest BCUT2D eigenvalue weighted by atomic mass is 9.59. The number of carbonyl (C=O) groups is 1. The molecule has 0 radical (unpaired) electrons. The minimum Gasteiger partial charge on any atom is -0.336 e. The second kappa shape index (κ2) is 3.93. The molecule has 2 amide bonds. The molecule has 4 nitrogen and oxygen atoms in total. The van der Waals surface area contributed by atoms with E-state index < -0.39 is 0 Å². The Labute approximate surface area is 112 Å². The molecule has 2 fully saturated rings. The lowest BCUT2D eigenvalue weighted by molar-refractivity contribution is -0.0181. The highest BCUT2D eigenvalue weighted by Gasteiger charge is 2.59. The van der Waals surface area contributed by atoms with E-state index in [1.54, 1.807) is 12.1 Å². The molecule has 0 unspecified atom stereocenters. The minimum absolute atomic E-state index is 0.105. The highest BCUT2D eigenvalue weighted by atomic mass is 19.1. The van der Waals surface area contributed by atoms with E-state index in [2.05, 4.69) is 15.5 Å². The molecular weight excluding hydrogens is 245 g/mol. The summed E-state index contributed by atoms with van der Waals surface area (Å²) in [4.78, 5) is 13.4. The second-order valence-corrected chi connectivity index (χ2v) is 5.88. The van der Waals surface area contributed by atoms with Crippen LogP contribution in [-0.4, -0.2) is 37.1 Å². The molecule has 1 saturated carbocycles. The average Bonchev–Trinajstić information content (AvgIpc) is 2.68. The van der Waals surface area contributed by atoms with Crippen molar-refractivity contribution in [1.29, 1.82) is 0 Å². The van der Waals surface area contributed by atoms with E-state index in [0.29, 0.717) is 6.54 Å². The molecule has 0 aromatic heterocycles. The van der Waals surface area contributed by atoms with E-state index in [1.807, 2.05) is 20.2 Å². The molecule has 1 aromatic rings. The van der Waals surface area contributed by atoms with Crippen molar-refractivity contribution >= 4 is 6.03 Å². The first-order valence-corrected chi connectivity index (χ1v) is 6.45. The molecular formula is C14H18FN3O. The van der Waals surface area contributed by atoms with E-state index in [0.717, 1.165) is 18.4 Å². The zero-order chi connectivity index (χ0) is 13.7. The Morgan fingerprint density at radius 3 is 2.58 bits per heavy atom. The maximum absolute atomic E-state index is 13.5. The standard InChI is InChI=1S/C14H18FN3O/c1-18(2)14(10-4-3-5-11(15)6-10)7-13(8-14)9-16-12(19)17-13/h3-6H,7-9H2,1-2H3,(H2,16,17,19)/t13-,14+. The summed E-state index contributed by atoms with van der Waals surface area (Å²) in [5.74, 6) is -0.215. The number of carbonyl (C=O) groups excluding carboxylic acids is 1. The predicted octanol–water partition coefficient (Wildman–Crippen LogP) is 1.43. The first-order valence-electron chi connectivity index (χ1n) is 6.45. The van der Waals surface area contributed by atoms with Crippen LogP contribution in [-0.2, 0) is 5.54 Å². The monoisotopic (exact) mass is 263 g/mol. The lowest BCUT2D eigenvalue weighted by Gasteiger charge is -2.57. The van der Waals surface area contributed by atoms with Crippen LogP contribution in [0.15, 0.2) is 24.3 Å². The summed E-state index contributed by atoms with van der Waals surface area (Å²) < 4.78 is 13.5. The largest absolute Gasteiger partial charge is 0.336 e. The number of rotatable bonds is 2. The molecule has 1 aliphatic carbocycles. The molecule has 1 heterocycles. The van der Waals surface area contributed by atoms with Crippen LogP contribution in [0.25, 0.3) is 0 Å². The van der Waals surface area contributed by atoms with Gasteiger partial charge in [-0.05, 0) is 44.6 Å². The van der Waals surface area contributed by atoms with Gasteiger partial charge in [0, 0.05) is 6.54 Å². The van der Waals surface area contributed by atoms with Gasteiger partial charge in [0.1, 0.15) is 5.82 Å². The summed E-state index contributed by atoms with van der Waals surface area (Å²) >= 11 is 0. The first-order chi connectivity index (χ1) is 8.96. The number of hydrogen-bond donors (Lipinski definition) is 2. The van der Waals surface area contributed by atoms with Crippen molar-refractivity contribution in [3.63, 3.8) is 0 Å². The number of nitrogens with zero attached hydrogens (tertiary/aromatic N) is 1. The molecule has 3 rings (SSSR count). The Morgan fingerprint density at radius 2 is 2.05 bits per heavy atom. The van der Waals surface area contributed by atoms with Gasteiger partial charge in [0.2, 0.25) is 0 Å². The van der Waals surface area contributed by atoms with E-state index in [-0.39, 0.29) is 22.9 Å². The molecule has 5 heteroatoms. The number of urea groups is 1. The molecule has 1 spiro atoms. The van der Waals surface area contributed by atoms with E-state index in [1.165, 1.54) is 6.07 Å². The molecule has 102 valence electrons. The summed E-state index contributed by atoms with van der Waals surface area (Å²) in [6.07, 6.45) is 1.60. The van der Waals surface area contributed by atoms with Crippen LogP contribution in [0, 0.1) is 5.82 Å². The molecule has 2 N–H and O–H groups in total. The topological polar surface area (TPSA) is 44.4 Å². The number of hydrogen-bond acceptors (Lipinski definition) is 2. The van der Waals surface area contributed by atoms with Crippen molar-refractivity contribution in [2.45, 2.75) is 23.9 Å². The molecule has 1 aromatic carbocycles. The van der Waals surface area contributed by atoms with Crippen LogP contribution in [0.1, 0.15) is 18.4 Å². The molecule has 0 atom stereocenters. The quantitative estimate of drug-likeness (QED) is 0.847. The number of benzene rings is 1. The normalized spacial score (nSPS) is 33.2. The predicted molar refractivity (Wildman–Crippen MR) is 70.3 cm³/mol. The van der Waals surface area contributed by atoms with Gasteiger partial charge >= 0.3 is 6.03 Å². The Kier molecular flexibility index (Phi) is 2.57. The summed E-state index contributed by atoms with van der Waals surface area (Å²) in [5, 5.41) is 5.80. The van der Waals surface area contributed by atoms with Crippen molar-refractivity contribution in [3.8, 4) is 0 Å². The molecule has 2 aliphatic rings. The van der Waals surface area contributed by atoms with E-state index >= 15 is 0 Å². The summed E-state index contributed by atoms with van der Waals surface area (Å²) in [5.41, 5.74) is 0.610. The SMILES string of the molecule is CN(C)[C@]1(c2cccc(F)c2)C[C@@]2(CNC(=O)N2)C1. The Morgan fingerprint density at radius 1 is 1.32 bits per heavy atom. The number of halogens is 1. The van der Waals surface area contributed by atoms with Gasteiger partial charge in [-0.1, -0.05) is 12.1 Å². The van der Waals surface area contributed by atoms with Crippen LogP contribution in [0.4, 0.5) is 9.18 Å². The molecule has 1 saturated heterocycles. The Hall–Kier alpha value is -1.62. The Bertz CT molecular complexity index is 523. The van der Waals surface area contributed by atoms with Gasteiger partial charge in [-0.3, -0.25) is 4.90 Å². The van der Waals surface area contributed by atoms with Crippen molar-refractivity contribution in [3.05, 3.63) is 35.6 Å². The maximum Gasteiger partial charge on any atom is 0.315 e. The molecule has 0 bridgehead atoms. The van der Waals surface area contributed by atoms with Crippen molar-refractivity contribution in [2.24, 2.45) is 0 Å². The van der Waals surface area contributed by atoms with Gasteiger partial charge < -0.3 is 10.6 Å². The second-order valence-electron chi connectivity index (χ2n) is 5.88. The zero-order valence-corrected chi connectivity index (χ0v) is 11.2. The van der Waals surface area contributed by atoms with Crippen LogP contribution in [0.3, 0.4) is 0 Å². The van der Waals surface area contributed by atoms with Crippen molar-refractivity contribution < 1.29 is 9.18 Å². The zero-order valence-electron chi connectivity index (χ0n) is 11.2. The number of nitrogens with one attached hydrogen (secondary N) is 2. The average molecular weight is 263 g/mol. The van der Waals surface area contributed by atoms with Crippen LogP contribution < -0.4 is 10.6 Å². The molecule has 19 heavy (non-hydrogen) atoms. The maximum atomic E-state index is 13.5. The third-order valence-corrected chi connectivity index (χ3v) is 4.45. The van der Waals surface area contributed by atoms with Crippen LogP contribution in [0.2, 0.25) is 0 Å². The van der Waals surface area contributed by atoms with Crippen LogP contribution in [0.5, 0.6) is 0 Å². The van der Waals surface area contributed by atoms with Crippen molar-refractivity contribution in [1.82, 2.24) is 15.5 Å². The minimum atomic E-state index is -0.215. The molecule has 1 aliphatic heterocycles. The summed E-state index contributed by atoms with van der Waals surface area (Å²) in [7, 11) is 4.00. The summed E-state index contributed by atoms with van der Waals surface area (Å²) in [6.45, 7) is 0.650. The third kappa shape index (κ3) is 1.80. The van der Waals surface area contributed by atoms with Crippen LogP contribution >= 0.6 is 0 Å². The van der Waals surface area contributed by atoms with E-state index in [9.17, 15) is 9.18 Å². The van der Waals surface area contributed by atoms with Gasteiger partial charge in [0.15, 0.2) is 0 Å². The lowest BCUT2D eigenvalue weighted by Crippen LogP contribution is -2.66. The van der Waals surface area contributed by atoms with Gasteiger partial charge in [-0.25, -0.2) is 9.18 Å². The highest BCUT2D eigenvalue weighted by Crippen LogP contribution is 2.52. The fraction of sp³-hybridized carbons (Fsp3) is 0.500. The fourth-order valence-corrected chi connectivity index (χ4v) is 3.42. The van der Waals surface area contributed by atoms with Gasteiger partial charge in [0.05, 0.1) is 11.1 Å². The van der Waals surface area contributed by atoms with Crippen molar-refractivity contribution in [2.75, 3.05) is 20.6 Å². The summed E-state index contributed by atoms with van der Waals surface area (Å²) in [6, 6.07) is 6.65. The first kappa shape index (κ1) is 12.4. The highest BCUT2D eigenvalue weighted by molar-refractivity contribution is 5.78. The third-order valence-electron chi connectivity index (χ3n) is 4.45. The number of amides is 2. The fourth-order valence-electron chi connectivity index (χ4n) is 3.42. The van der Waals surface area contributed by atoms with Gasteiger partial charge in [0.25, 0.3) is 0 Å². The van der Waals surface area contributed by atoms with E-state index in [4.69, 9.17) is 0 Å². The Balaban J connectivity index is 1.90.